The van der Waals surface area contributed by atoms with Gasteiger partial charge in [0.05, 0.1) is 10.1 Å². The van der Waals surface area contributed by atoms with E-state index in [0.717, 1.165) is 18.1 Å². The van der Waals surface area contributed by atoms with E-state index in [2.05, 4.69) is 5.32 Å². The van der Waals surface area contributed by atoms with Gasteiger partial charge in [0.25, 0.3) is 0 Å². The predicted octanol–water partition coefficient (Wildman–Crippen LogP) is -1.24. The first-order valence-electron chi connectivity index (χ1n) is 6.46. The van der Waals surface area contributed by atoms with Crippen LogP contribution >= 0.6 is 21.6 Å². The van der Waals surface area contributed by atoms with E-state index in [1.165, 1.54) is 18.6 Å². The van der Waals surface area contributed by atoms with Gasteiger partial charge in [-0.1, -0.05) is 28.0 Å². The summed E-state index contributed by atoms with van der Waals surface area (Å²) >= 11 is 0. The van der Waals surface area contributed by atoms with Crippen LogP contribution in [0.1, 0.15) is 38.5 Å². The largest absolute Gasteiger partial charge is 1.00 e. The van der Waals surface area contributed by atoms with Gasteiger partial charge in [-0.3, -0.25) is 4.79 Å². The molecule has 1 amide bonds. The first-order valence-corrected chi connectivity index (χ1v) is 10.4. The van der Waals surface area contributed by atoms with Crippen LogP contribution in [0.4, 0.5) is 0 Å². The second-order valence-corrected chi connectivity index (χ2v) is 8.85. The first kappa shape index (κ1) is 21.1. The number of amides is 1. The van der Waals surface area contributed by atoms with Gasteiger partial charge >= 0.3 is 29.6 Å². The van der Waals surface area contributed by atoms with Crippen molar-refractivity contribution in [3.05, 3.63) is 0 Å². The molecule has 1 aliphatic rings. The summed E-state index contributed by atoms with van der Waals surface area (Å²) in [4.78, 5) is 11.4. The molecule has 0 aromatic rings. The second kappa shape index (κ2) is 11.6. The molecule has 0 radical (unpaired) electrons. The number of carbonyl (C=O) groups excluding carboxylic acids is 1. The van der Waals surface area contributed by atoms with Crippen molar-refractivity contribution in [3.8, 4) is 0 Å². The summed E-state index contributed by atoms with van der Waals surface area (Å²) in [6, 6.07) is 0. The first-order chi connectivity index (χ1) is 8.97. The van der Waals surface area contributed by atoms with Crippen molar-refractivity contribution in [3.63, 3.8) is 0 Å². The van der Waals surface area contributed by atoms with E-state index in [9.17, 15) is 17.8 Å². The van der Waals surface area contributed by atoms with Crippen LogP contribution in [0.3, 0.4) is 0 Å². The zero-order chi connectivity index (χ0) is 14.1. The molecule has 0 aliphatic carbocycles. The van der Waals surface area contributed by atoms with E-state index >= 15 is 0 Å². The molecule has 1 aliphatic heterocycles. The minimum atomic E-state index is -4.16. The van der Waals surface area contributed by atoms with Crippen molar-refractivity contribution >= 4 is 37.6 Å². The fourth-order valence-electron chi connectivity index (χ4n) is 1.79. The monoisotopic (exact) mass is 349 g/mol. The number of hydrogen-bond acceptors (Lipinski definition) is 6. The summed E-state index contributed by atoms with van der Waals surface area (Å²) in [5.41, 5.74) is 0. The maximum Gasteiger partial charge on any atom is 1.00 e. The van der Waals surface area contributed by atoms with Crippen LogP contribution in [0, 0.1) is 0 Å². The van der Waals surface area contributed by atoms with E-state index in [1.54, 1.807) is 0 Å². The number of unbranched alkanes of at least 4 members (excludes halogenated alkanes) is 1. The molecule has 1 heterocycles. The third-order valence-electron chi connectivity index (χ3n) is 2.80. The summed E-state index contributed by atoms with van der Waals surface area (Å²) in [7, 11) is -0.283. The molecule has 1 unspecified atom stereocenters. The fraction of sp³-hybridized carbons (Fsp3) is 0.909. The molecule has 9 heteroatoms. The zero-order valence-electron chi connectivity index (χ0n) is 11.8. The maximum absolute atomic E-state index is 11.4. The van der Waals surface area contributed by atoms with Crippen LogP contribution in [0.2, 0.25) is 0 Å². The summed E-state index contributed by atoms with van der Waals surface area (Å²) in [6.07, 6.45) is 5.03. The Hall–Kier alpha value is 1.08. The van der Waals surface area contributed by atoms with Crippen molar-refractivity contribution in [1.29, 1.82) is 0 Å². The summed E-state index contributed by atoms with van der Waals surface area (Å²) in [6.45, 7) is 0.259. The van der Waals surface area contributed by atoms with Gasteiger partial charge in [-0.2, -0.15) is 0 Å². The number of nitrogens with one attached hydrogen (secondary N) is 1. The quantitative estimate of drug-likeness (QED) is 0.242. The minimum absolute atomic E-state index is 0. The predicted molar refractivity (Wildman–Crippen MR) is 79.1 cm³/mol. The van der Waals surface area contributed by atoms with Crippen molar-refractivity contribution in [2.75, 3.05) is 18.1 Å². The molecule has 1 rings (SSSR count). The van der Waals surface area contributed by atoms with Crippen LogP contribution in [0.5, 0.6) is 0 Å². The van der Waals surface area contributed by atoms with Gasteiger partial charge in [0.15, 0.2) is 0 Å². The average Bonchev–Trinajstić information content (AvgIpc) is 2.82. The molecule has 1 N–H and O–H groups in total. The Morgan fingerprint density at radius 3 is 2.65 bits per heavy atom. The molecule has 0 aromatic carbocycles. The Labute approximate surface area is 151 Å². The standard InChI is InChI=1S/C11H21NO4S3.Na/c13-11(12-7-3-9-19(14,15)16)5-2-1-4-10-6-8-17-18-10;/h10H,1-9H2,(H,12,13)(H,14,15,16);/q;+1/p-1. The van der Waals surface area contributed by atoms with Crippen LogP contribution in [-0.2, 0) is 14.9 Å². The molecule has 112 valence electrons. The molecule has 0 aromatic heterocycles. The molecule has 1 atom stereocenters. The molecule has 1 fully saturated rings. The fourth-order valence-corrected chi connectivity index (χ4v) is 5.31. The third-order valence-corrected chi connectivity index (χ3v) is 6.60. The van der Waals surface area contributed by atoms with Crippen molar-refractivity contribution < 1.29 is 47.3 Å². The normalized spacial score (nSPS) is 18.6. The maximum atomic E-state index is 11.4. The topological polar surface area (TPSA) is 86.3 Å². The molecule has 0 spiro atoms. The summed E-state index contributed by atoms with van der Waals surface area (Å²) < 4.78 is 31.0. The SMILES string of the molecule is O=C(CCCCC1CCSS1)NCCCS(=O)(=O)[O-].[Na+]. The number of hydrogen-bond donors (Lipinski definition) is 1. The molecule has 1 saturated heterocycles. The minimum Gasteiger partial charge on any atom is -0.748 e. The Morgan fingerprint density at radius 1 is 1.30 bits per heavy atom. The average molecular weight is 349 g/mol. The Bertz CT molecular complexity index is 372. The molecule has 0 saturated carbocycles. The van der Waals surface area contributed by atoms with Crippen molar-refractivity contribution in [2.45, 2.75) is 43.8 Å². The van der Waals surface area contributed by atoms with Gasteiger partial charge in [0.2, 0.25) is 5.91 Å². The van der Waals surface area contributed by atoms with E-state index in [4.69, 9.17) is 0 Å². The molecule has 0 bridgehead atoms. The molecular weight excluding hydrogens is 329 g/mol. The summed E-state index contributed by atoms with van der Waals surface area (Å²) in [5, 5.41) is 3.38. The van der Waals surface area contributed by atoms with E-state index < -0.39 is 15.9 Å². The smallest absolute Gasteiger partial charge is 0.748 e. The van der Waals surface area contributed by atoms with Crippen molar-refractivity contribution in [2.24, 2.45) is 0 Å². The van der Waals surface area contributed by atoms with E-state index in [0.29, 0.717) is 6.42 Å². The molecule has 5 nitrogen and oxygen atoms in total. The van der Waals surface area contributed by atoms with Crippen molar-refractivity contribution in [1.82, 2.24) is 5.32 Å². The Balaban J connectivity index is 0.00000361. The van der Waals surface area contributed by atoms with Crippen LogP contribution in [-0.4, -0.2) is 42.2 Å². The van der Waals surface area contributed by atoms with Crippen LogP contribution in [0.25, 0.3) is 0 Å². The summed E-state index contributed by atoms with van der Waals surface area (Å²) in [5.74, 6) is 0.763. The number of rotatable bonds is 9. The number of carbonyl (C=O) groups is 1. The molecular formula is C11H20NNaO4S3. The van der Waals surface area contributed by atoms with Gasteiger partial charge in [-0.15, -0.1) is 0 Å². The Morgan fingerprint density at radius 2 is 2.05 bits per heavy atom. The molecule has 20 heavy (non-hydrogen) atoms. The van der Waals surface area contributed by atoms with Gasteiger partial charge in [0.1, 0.15) is 0 Å². The van der Waals surface area contributed by atoms with Crippen LogP contribution < -0.4 is 34.9 Å². The van der Waals surface area contributed by atoms with Gasteiger partial charge in [-0.25, -0.2) is 8.42 Å². The van der Waals surface area contributed by atoms with E-state index in [1.807, 2.05) is 21.6 Å². The van der Waals surface area contributed by atoms with Gasteiger partial charge in [0, 0.05) is 29.7 Å². The zero-order valence-corrected chi connectivity index (χ0v) is 16.2. The van der Waals surface area contributed by atoms with Gasteiger partial charge < -0.3 is 9.87 Å². The van der Waals surface area contributed by atoms with Gasteiger partial charge in [-0.05, 0) is 25.7 Å². The van der Waals surface area contributed by atoms with E-state index in [-0.39, 0.29) is 48.4 Å². The Kier molecular flexibility index (Phi) is 12.2. The second-order valence-electron chi connectivity index (χ2n) is 4.54. The third kappa shape index (κ3) is 11.7. The van der Waals surface area contributed by atoms with Crippen LogP contribution in [0.15, 0.2) is 0 Å².